The van der Waals surface area contributed by atoms with E-state index in [0.29, 0.717) is 11.5 Å². The van der Waals surface area contributed by atoms with Crippen LogP contribution in [0.25, 0.3) is 21.9 Å². The first-order valence-electron chi connectivity index (χ1n) is 8.39. The molecule has 4 nitrogen and oxygen atoms in total. The third kappa shape index (κ3) is 3.17. The predicted molar refractivity (Wildman–Crippen MR) is 108 cm³/mol. The van der Waals surface area contributed by atoms with Gasteiger partial charge in [0.1, 0.15) is 5.75 Å². The topological polar surface area (TPSA) is 60.2 Å². The van der Waals surface area contributed by atoms with Gasteiger partial charge in [-0.3, -0.25) is 0 Å². The number of methoxy groups -OCH3 is 1. The van der Waals surface area contributed by atoms with E-state index >= 15 is 0 Å². The van der Waals surface area contributed by atoms with E-state index in [1.165, 1.54) is 5.39 Å². The zero-order valence-electron chi connectivity index (χ0n) is 14.4. The zero-order chi connectivity index (χ0) is 17.9. The zero-order valence-corrected chi connectivity index (χ0v) is 14.4. The number of aromatic nitrogens is 1. The Labute approximate surface area is 152 Å². The van der Waals surface area contributed by atoms with Crippen molar-refractivity contribution in [3.05, 3.63) is 79.0 Å². The lowest BCUT2D eigenvalue weighted by Crippen LogP contribution is -1.98. The summed E-state index contributed by atoms with van der Waals surface area (Å²) in [6, 6.07) is 24.4. The molecule has 4 rings (SSSR count). The maximum absolute atomic E-state index is 5.97. The van der Waals surface area contributed by atoms with Crippen LogP contribution in [0.15, 0.2) is 79.0 Å². The van der Waals surface area contributed by atoms with Gasteiger partial charge in [0.25, 0.3) is 0 Å². The quantitative estimate of drug-likeness (QED) is 0.533. The van der Waals surface area contributed by atoms with Crippen molar-refractivity contribution in [2.45, 2.75) is 0 Å². The van der Waals surface area contributed by atoms with Gasteiger partial charge in [0.2, 0.25) is 0 Å². The van der Waals surface area contributed by atoms with Crippen LogP contribution >= 0.6 is 0 Å². The van der Waals surface area contributed by atoms with Gasteiger partial charge in [-0.2, -0.15) is 0 Å². The van der Waals surface area contributed by atoms with Gasteiger partial charge in [-0.15, -0.1) is 0 Å². The first-order chi connectivity index (χ1) is 12.7. The Morgan fingerprint density at radius 3 is 2.50 bits per heavy atom. The second-order valence-electron chi connectivity index (χ2n) is 6.07. The van der Waals surface area contributed by atoms with Gasteiger partial charge in [-0.05, 0) is 64.4 Å². The van der Waals surface area contributed by atoms with Crippen LogP contribution in [0.1, 0.15) is 0 Å². The molecule has 0 spiro atoms. The van der Waals surface area contributed by atoms with Crippen LogP contribution in [-0.4, -0.2) is 12.1 Å². The fraction of sp³-hybridized carbons (Fsp3) is 0.0455. The van der Waals surface area contributed by atoms with E-state index in [0.717, 1.165) is 28.0 Å². The van der Waals surface area contributed by atoms with E-state index in [2.05, 4.69) is 46.7 Å². The molecule has 0 saturated carbocycles. The van der Waals surface area contributed by atoms with Crippen molar-refractivity contribution in [2.24, 2.45) is 0 Å². The Morgan fingerprint density at radius 2 is 1.65 bits per heavy atom. The smallest absolute Gasteiger partial charge is 0.153 e. The van der Waals surface area contributed by atoms with Crippen molar-refractivity contribution in [1.82, 2.24) is 4.98 Å². The minimum atomic E-state index is 0.623. The highest BCUT2D eigenvalue weighted by Gasteiger charge is 2.04. The van der Waals surface area contributed by atoms with Crippen molar-refractivity contribution in [2.75, 3.05) is 18.2 Å². The van der Waals surface area contributed by atoms with Crippen molar-refractivity contribution in [1.29, 1.82) is 0 Å². The standard InChI is InChI=1S/C22H19N3O/c1-26-20-10-9-17-12-16(7-8-18(17)14-20)15-4-2-5-19(13-15)25-22-21(23)6-3-11-24-22/h2-14H,23H2,1H3,(H,24,25). The van der Waals surface area contributed by atoms with Gasteiger partial charge >= 0.3 is 0 Å². The fourth-order valence-corrected chi connectivity index (χ4v) is 2.97. The van der Waals surface area contributed by atoms with Crippen LogP contribution in [0, 0.1) is 0 Å². The maximum atomic E-state index is 5.97. The van der Waals surface area contributed by atoms with E-state index in [1.807, 2.05) is 36.4 Å². The summed E-state index contributed by atoms with van der Waals surface area (Å²) < 4.78 is 5.29. The van der Waals surface area contributed by atoms with E-state index in [1.54, 1.807) is 13.3 Å². The number of hydrogen-bond acceptors (Lipinski definition) is 4. The highest BCUT2D eigenvalue weighted by molar-refractivity contribution is 5.89. The minimum Gasteiger partial charge on any atom is -0.497 e. The summed E-state index contributed by atoms with van der Waals surface area (Å²) in [5.41, 5.74) is 9.82. The average molecular weight is 341 g/mol. The summed E-state index contributed by atoms with van der Waals surface area (Å²) >= 11 is 0. The number of nitrogens with one attached hydrogen (secondary N) is 1. The Bertz CT molecular complexity index is 1080. The highest BCUT2D eigenvalue weighted by Crippen LogP contribution is 2.29. The lowest BCUT2D eigenvalue weighted by atomic mass is 10.0. The molecule has 128 valence electrons. The summed E-state index contributed by atoms with van der Waals surface area (Å²) in [6.45, 7) is 0. The maximum Gasteiger partial charge on any atom is 0.153 e. The number of benzene rings is 3. The van der Waals surface area contributed by atoms with Crippen LogP contribution in [0.4, 0.5) is 17.2 Å². The van der Waals surface area contributed by atoms with Gasteiger partial charge in [0, 0.05) is 11.9 Å². The average Bonchev–Trinajstić information content (AvgIpc) is 2.69. The van der Waals surface area contributed by atoms with E-state index < -0.39 is 0 Å². The van der Waals surface area contributed by atoms with Gasteiger partial charge in [-0.1, -0.05) is 30.3 Å². The number of hydrogen-bond donors (Lipinski definition) is 2. The molecule has 4 heteroatoms. The number of fused-ring (bicyclic) bond motifs is 1. The molecule has 0 unspecified atom stereocenters. The Hall–Kier alpha value is -3.53. The van der Waals surface area contributed by atoms with Gasteiger partial charge in [0.05, 0.1) is 12.8 Å². The highest BCUT2D eigenvalue weighted by atomic mass is 16.5. The monoisotopic (exact) mass is 341 g/mol. The summed E-state index contributed by atoms with van der Waals surface area (Å²) in [7, 11) is 1.68. The number of nitrogen functional groups attached to an aromatic ring is 1. The van der Waals surface area contributed by atoms with Crippen LogP contribution < -0.4 is 15.8 Å². The molecule has 0 aliphatic heterocycles. The summed E-state index contributed by atoms with van der Waals surface area (Å²) in [4.78, 5) is 4.29. The molecule has 3 aromatic carbocycles. The summed E-state index contributed by atoms with van der Waals surface area (Å²) in [5, 5.41) is 5.61. The van der Waals surface area contributed by atoms with Crippen LogP contribution in [-0.2, 0) is 0 Å². The lowest BCUT2D eigenvalue weighted by molar-refractivity contribution is 0.415. The number of nitrogens with two attached hydrogens (primary N) is 1. The molecule has 26 heavy (non-hydrogen) atoms. The molecule has 1 aromatic heterocycles. The Balaban J connectivity index is 1.68. The molecule has 0 fully saturated rings. The Morgan fingerprint density at radius 1 is 0.846 bits per heavy atom. The van der Waals surface area contributed by atoms with Crippen molar-refractivity contribution in [3.8, 4) is 16.9 Å². The number of nitrogens with zero attached hydrogens (tertiary/aromatic N) is 1. The molecule has 3 N–H and O–H groups in total. The molecule has 0 amide bonds. The van der Waals surface area contributed by atoms with Gasteiger partial charge in [-0.25, -0.2) is 4.98 Å². The van der Waals surface area contributed by atoms with Gasteiger partial charge < -0.3 is 15.8 Å². The van der Waals surface area contributed by atoms with E-state index in [-0.39, 0.29) is 0 Å². The number of anilines is 3. The molecule has 0 atom stereocenters. The van der Waals surface area contributed by atoms with Gasteiger partial charge in [0.15, 0.2) is 5.82 Å². The predicted octanol–water partition coefficient (Wildman–Crippen LogP) is 5.24. The van der Waals surface area contributed by atoms with Crippen LogP contribution in [0.5, 0.6) is 5.75 Å². The number of ether oxygens (including phenoxy) is 1. The molecule has 1 heterocycles. The largest absolute Gasteiger partial charge is 0.497 e. The normalized spacial score (nSPS) is 10.7. The molecule has 0 saturated heterocycles. The molecule has 0 bridgehead atoms. The second-order valence-corrected chi connectivity index (χ2v) is 6.07. The van der Waals surface area contributed by atoms with Crippen LogP contribution in [0.2, 0.25) is 0 Å². The number of rotatable bonds is 4. The number of pyridine rings is 1. The first-order valence-corrected chi connectivity index (χ1v) is 8.39. The van der Waals surface area contributed by atoms with Crippen molar-refractivity contribution in [3.63, 3.8) is 0 Å². The summed E-state index contributed by atoms with van der Waals surface area (Å²) in [5.74, 6) is 1.53. The van der Waals surface area contributed by atoms with E-state index in [4.69, 9.17) is 10.5 Å². The lowest BCUT2D eigenvalue weighted by Gasteiger charge is -2.10. The second kappa shape index (κ2) is 6.76. The van der Waals surface area contributed by atoms with Crippen LogP contribution in [0.3, 0.4) is 0 Å². The molecule has 0 aliphatic rings. The third-order valence-electron chi connectivity index (χ3n) is 4.34. The first kappa shape index (κ1) is 16.0. The SMILES string of the molecule is COc1ccc2cc(-c3cccc(Nc4ncccc4N)c3)ccc2c1. The summed E-state index contributed by atoms with van der Waals surface area (Å²) in [6.07, 6.45) is 1.72. The molecule has 4 aromatic rings. The molecule has 0 radical (unpaired) electrons. The Kier molecular flexibility index (Phi) is 4.15. The fourth-order valence-electron chi connectivity index (χ4n) is 2.97. The van der Waals surface area contributed by atoms with Crippen molar-refractivity contribution < 1.29 is 4.74 Å². The molecular weight excluding hydrogens is 322 g/mol. The van der Waals surface area contributed by atoms with Crippen molar-refractivity contribution >= 4 is 28.0 Å². The third-order valence-corrected chi connectivity index (χ3v) is 4.34. The van der Waals surface area contributed by atoms with E-state index in [9.17, 15) is 0 Å². The molecular formula is C22H19N3O. The molecule has 0 aliphatic carbocycles. The minimum absolute atomic E-state index is 0.623.